The van der Waals surface area contributed by atoms with Gasteiger partial charge in [-0.2, -0.15) is 0 Å². The van der Waals surface area contributed by atoms with Crippen molar-refractivity contribution in [2.45, 2.75) is 26.8 Å². The first-order valence-electron chi connectivity index (χ1n) is 13.1. The second-order valence-corrected chi connectivity index (χ2v) is 10.1. The molecule has 0 saturated carbocycles. The van der Waals surface area contributed by atoms with Gasteiger partial charge in [0, 0.05) is 17.2 Å². The fourth-order valence-corrected chi connectivity index (χ4v) is 5.70. The van der Waals surface area contributed by atoms with E-state index in [0.717, 1.165) is 5.56 Å². The number of methoxy groups -OCH3 is 1. The van der Waals surface area contributed by atoms with E-state index in [9.17, 15) is 14.4 Å². The van der Waals surface area contributed by atoms with Gasteiger partial charge < -0.3 is 18.6 Å². The van der Waals surface area contributed by atoms with Crippen molar-refractivity contribution in [3.63, 3.8) is 0 Å². The molecule has 41 heavy (non-hydrogen) atoms. The number of aromatic nitrogens is 1. The highest BCUT2D eigenvalue weighted by Crippen LogP contribution is 2.35. The molecule has 4 aromatic rings. The summed E-state index contributed by atoms with van der Waals surface area (Å²) in [6.45, 7) is 5.71. The minimum atomic E-state index is -0.784. The van der Waals surface area contributed by atoms with Crippen LogP contribution < -0.4 is 19.6 Å². The fourth-order valence-electron chi connectivity index (χ4n) is 4.68. The van der Waals surface area contributed by atoms with Crippen molar-refractivity contribution < 1.29 is 28.2 Å². The van der Waals surface area contributed by atoms with Gasteiger partial charge in [0.15, 0.2) is 4.80 Å². The van der Waals surface area contributed by atoms with E-state index in [0.29, 0.717) is 50.0 Å². The number of furan rings is 1. The maximum Gasteiger partial charge on any atom is 0.338 e. The van der Waals surface area contributed by atoms with E-state index in [1.54, 1.807) is 76.4 Å². The smallest absolute Gasteiger partial charge is 0.338 e. The Morgan fingerprint density at radius 3 is 2.41 bits per heavy atom. The summed E-state index contributed by atoms with van der Waals surface area (Å²) >= 11 is 1.20. The zero-order valence-corrected chi connectivity index (χ0v) is 23.8. The number of hydrogen-bond acceptors (Lipinski definition) is 9. The van der Waals surface area contributed by atoms with Crippen LogP contribution in [0.5, 0.6) is 5.75 Å². The molecule has 1 unspecified atom stereocenters. The molecule has 0 amide bonds. The lowest BCUT2D eigenvalue weighted by Crippen LogP contribution is -2.40. The number of benzene rings is 2. The minimum absolute atomic E-state index is 0.186. The van der Waals surface area contributed by atoms with E-state index in [-0.39, 0.29) is 23.7 Å². The van der Waals surface area contributed by atoms with Gasteiger partial charge in [-0.3, -0.25) is 9.36 Å². The quantitative estimate of drug-likeness (QED) is 0.291. The third-order valence-electron chi connectivity index (χ3n) is 6.53. The maximum absolute atomic E-state index is 13.8. The van der Waals surface area contributed by atoms with E-state index in [2.05, 4.69) is 4.99 Å². The monoisotopic (exact) mass is 572 g/mol. The van der Waals surface area contributed by atoms with E-state index >= 15 is 0 Å². The van der Waals surface area contributed by atoms with Gasteiger partial charge in [-0.15, -0.1) is 0 Å². The zero-order chi connectivity index (χ0) is 29.1. The molecule has 10 heteroatoms. The number of esters is 2. The number of para-hydroxylation sites is 1. The summed E-state index contributed by atoms with van der Waals surface area (Å²) < 4.78 is 23.9. The normalized spacial score (nSPS) is 14.8. The maximum atomic E-state index is 13.8. The van der Waals surface area contributed by atoms with Crippen molar-refractivity contribution in [3.8, 4) is 17.1 Å². The van der Waals surface area contributed by atoms with Crippen molar-refractivity contribution in [2.24, 2.45) is 4.99 Å². The Labute approximate surface area is 239 Å². The lowest BCUT2D eigenvalue weighted by atomic mass is 9.95. The first-order valence-corrected chi connectivity index (χ1v) is 13.9. The number of thiazole rings is 1. The molecule has 2 aromatic carbocycles. The Morgan fingerprint density at radius 2 is 1.71 bits per heavy atom. The second-order valence-electron chi connectivity index (χ2n) is 9.04. The van der Waals surface area contributed by atoms with Crippen LogP contribution in [-0.4, -0.2) is 36.8 Å². The van der Waals surface area contributed by atoms with Crippen LogP contribution in [0.2, 0.25) is 0 Å². The largest absolute Gasteiger partial charge is 0.496 e. The van der Waals surface area contributed by atoms with Gasteiger partial charge in [0.05, 0.1) is 41.7 Å². The Balaban J connectivity index is 1.57. The fraction of sp³-hybridized carbons (Fsp3) is 0.226. The highest BCUT2D eigenvalue weighted by molar-refractivity contribution is 7.07. The van der Waals surface area contributed by atoms with Crippen LogP contribution in [-0.2, 0) is 14.3 Å². The van der Waals surface area contributed by atoms with Crippen LogP contribution in [0, 0.1) is 0 Å². The summed E-state index contributed by atoms with van der Waals surface area (Å²) in [5.74, 6) is 0.654. The summed E-state index contributed by atoms with van der Waals surface area (Å²) in [7, 11) is 1.54. The van der Waals surface area contributed by atoms with Crippen molar-refractivity contribution in [2.75, 3.05) is 20.3 Å². The number of fused-ring (bicyclic) bond motifs is 1. The molecule has 9 nitrogen and oxygen atoms in total. The molecule has 0 aliphatic carbocycles. The number of rotatable bonds is 8. The van der Waals surface area contributed by atoms with Crippen LogP contribution in [0.15, 0.2) is 86.1 Å². The lowest BCUT2D eigenvalue weighted by molar-refractivity contribution is -0.139. The van der Waals surface area contributed by atoms with Crippen LogP contribution in [0.1, 0.15) is 48.5 Å². The van der Waals surface area contributed by atoms with Gasteiger partial charge in [0.25, 0.3) is 5.56 Å². The number of ether oxygens (including phenoxy) is 3. The van der Waals surface area contributed by atoms with E-state index in [1.807, 2.05) is 18.2 Å². The van der Waals surface area contributed by atoms with E-state index in [1.165, 1.54) is 15.9 Å². The number of allylic oxidation sites excluding steroid dienone is 1. The molecule has 2 aromatic heterocycles. The molecule has 0 saturated heterocycles. The van der Waals surface area contributed by atoms with Crippen molar-refractivity contribution >= 4 is 29.4 Å². The average Bonchev–Trinajstić information content (AvgIpc) is 3.56. The molecule has 1 atom stereocenters. The minimum Gasteiger partial charge on any atom is -0.496 e. The lowest BCUT2D eigenvalue weighted by Gasteiger charge is -2.25. The number of carbonyl (C=O) groups excluding carboxylic acids is 2. The predicted octanol–water partition coefficient (Wildman–Crippen LogP) is 4.24. The second kappa shape index (κ2) is 11.8. The van der Waals surface area contributed by atoms with Gasteiger partial charge in [0.2, 0.25) is 0 Å². The summed E-state index contributed by atoms with van der Waals surface area (Å²) in [5.41, 5.74) is 2.29. The summed E-state index contributed by atoms with van der Waals surface area (Å²) in [6.07, 6.45) is 1.66. The van der Waals surface area contributed by atoms with E-state index in [4.69, 9.17) is 18.6 Å². The van der Waals surface area contributed by atoms with Crippen molar-refractivity contribution in [1.82, 2.24) is 4.57 Å². The first-order chi connectivity index (χ1) is 19.9. The molecular formula is C31H28N2O7S. The van der Waals surface area contributed by atoms with E-state index < -0.39 is 12.0 Å². The SMILES string of the molecule is CCOC(=O)C1=C(C)N=c2sc(=Cc3ccc(-c4ccc(C(=O)OCC)cc4)o3)c(=O)n2C1c1ccccc1OC. The predicted molar refractivity (Wildman–Crippen MR) is 153 cm³/mol. The molecule has 0 bridgehead atoms. The number of nitrogens with zero attached hydrogens (tertiary/aromatic N) is 2. The van der Waals surface area contributed by atoms with Crippen LogP contribution in [0.4, 0.5) is 0 Å². The summed E-state index contributed by atoms with van der Waals surface area (Å²) in [5, 5.41) is 0. The van der Waals surface area contributed by atoms with Gasteiger partial charge in [-0.25, -0.2) is 14.6 Å². The standard InChI is InChI=1S/C31H28N2O7S/c1-5-38-29(35)20-13-11-19(12-14-20)23-16-15-21(40-23)17-25-28(34)33-27(22-9-7-8-10-24(22)37-4)26(30(36)39-6-2)18(3)32-31(33)41-25/h7-17,27H,5-6H2,1-4H3. The Hall–Kier alpha value is -4.70. The number of hydrogen-bond donors (Lipinski definition) is 0. The van der Waals surface area contributed by atoms with Crippen molar-refractivity contribution in [3.05, 3.63) is 109 Å². The zero-order valence-electron chi connectivity index (χ0n) is 23.0. The molecule has 0 N–H and O–H groups in total. The topological polar surface area (TPSA) is 109 Å². The van der Waals surface area contributed by atoms with Crippen LogP contribution >= 0.6 is 11.3 Å². The third kappa shape index (κ3) is 5.38. The third-order valence-corrected chi connectivity index (χ3v) is 7.51. The molecule has 1 aliphatic heterocycles. The van der Waals surface area contributed by atoms with Gasteiger partial charge in [0.1, 0.15) is 23.3 Å². The molecule has 3 heterocycles. The molecule has 210 valence electrons. The molecule has 1 aliphatic rings. The summed E-state index contributed by atoms with van der Waals surface area (Å²) in [6, 6.07) is 16.9. The molecule has 5 rings (SSSR count). The molecule has 0 radical (unpaired) electrons. The number of carbonyl (C=O) groups is 2. The Kier molecular flexibility index (Phi) is 8.02. The van der Waals surface area contributed by atoms with Gasteiger partial charge in [-0.1, -0.05) is 41.7 Å². The van der Waals surface area contributed by atoms with Gasteiger partial charge in [-0.05, 0) is 51.1 Å². The molecule has 0 fully saturated rings. The highest BCUT2D eigenvalue weighted by atomic mass is 32.1. The van der Waals surface area contributed by atoms with Crippen LogP contribution in [0.3, 0.4) is 0 Å². The average molecular weight is 573 g/mol. The molecule has 0 spiro atoms. The van der Waals surface area contributed by atoms with Gasteiger partial charge >= 0.3 is 11.9 Å². The highest BCUT2D eigenvalue weighted by Gasteiger charge is 2.35. The summed E-state index contributed by atoms with van der Waals surface area (Å²) in [4.78, 5) is 43.9. The Bertz CT molecular complexity index is 1830. The van der Waals surface area contributed by atoms with Crippen molar-refractivity contribution in [1.29, 1.82) is 0 Å². The molecular weight excluding hydrogens is 544 g/mol. The first kappa shape index (κ1) is 27.9. The Morgan fingerprint density at radius 1 is 1.00 bits per heavy atom. The van der Waals surface area contributed by atoms with Crippen LogP contribution in [0.25, 0.3) is 17.4 Å².